The van der Waals surface area contributed by atoms with Crippen LogP contribution in [0.25, 0.3) is 0 Å². The highest BCUT2D eigenvalue weighted by atomic mass is 32.2. The molecule has 0 bridgehead atoms. The van der Waals surface area contributed by atoms with Gasteiger partial charge in [-0.3, -0.25) is 0 Å². The van der Waals surface area contributed by atoms with Crippen molar-refractivity contribution in [2.24, 2.45) is 5.92 Å². The molecule has 0 saturated heterocycles. The van der Waals surface area contributed by atoms with Gasteiger partial charge in [-0.15, -0.1) is 0 Å². The van der Waals surface area contributed by atoms with Crippen LogP contribution in [0.4, 0.5) is 4.39 Å². The molecule has 1 rings (SSSR count). The minimum Gasteiger partial charge on any atom is -0.391 e. The summed E-state index contributed by atoms with van der Waals surface area (Å²) in [6.07, 6.45) is 0.847. The van der Waals surface area contributed by atoms with Crippen molar-refractivity contribution in [2.45, 2.75) is 38.5 Å². The molecule has 4 nitrogen and oxygen atoms in total. The van der Waals surface area contributed by atoms with Crippen LogP contribution in [0.1, 0.15) is 32.3 Å². The second-order valence-corrected chi connectivity index (χ2v) is 6.65. The summed E-state index contributed by atoms with van der Waals surface area (Å²) in [6.45, 7) is 3.86. The van der Waals surface area contributed by atoms with E-state index in [4.69, 9.17) is 0 Å². The third kappa shape index (κ3) is 5.19. The van der Waals surface area contributed by atoms with Crippen molar-refractivity contribution in [1.29, 1.82) is 0 Å². The summed E-state index contributed by atoms with van der Waals surface area (Å²) in [6, 6.07) is 5.76. The van der Waals surface area contributed by atoms with E-state index < -0.39 is 27.7 Å². The predicted molar refractivity (Wildman–Crippen MR) is 77.1 cm³/mol. The molecule has 0 amide bonds. The van der Waals surface area contributed by atoms with Crippen molar-refractivity contribution >= 4 is 10.0 Å². The molecule has 0 radical (unpaired) electrons. The number of hydrogen-bond acceptors (Lipinski definition) is 3. The Morgan fingerprint density at radius 3 is 2.40 bits per heavy atom. The van der Waals surface area contributed by atoms with Crippen LogP contribution in [0, 0.1) is 11.7 Å². The molecule has 0 aliphatic rings. The van der Waals surface area contributed by atoms with E-state index >= 15 is 0 Å². The van der Waals surface area contributed by atoms with Gasteiger partial charge in [0, 0.05) is 12.1 Å². The average Bonchev–Trinajstić information content (AvgIpc) is 2.40. The number of hydrogen-bond donors (Lipinski definition) is 2. The quantitative estimate of drug-likeness (QED) is 0.772. The van der Waals surface area contributed by atoms with E-state index in [1.165, 1.54) is 18.2 Å². The first kappa shape index (κ1) is 17.1. The number of benzene rings is 1. The lowest BCUT2D eigenvalue weighted by atomic mass is 9.97. The van der Waals surface area contributed by atoms with Crippen molar-refractivity contribution < 1.29 is 17.9 Å². The van der Waals surface area contributed by atoms with Crippen molar-refractivity contribution in [3.63, 3.8) is 0 Å². The molecule has 0 aliphatic heterocycles. The van der Waals surface area contributed by atoms with Gasteiger partial charge in [-0.2, -0.15) is 0 Å². The number of aliphatic hydroxyl groups excluding tert-OH is 1. The van der Waals surface area contributed by atoms with E-state index in [2.05, 4.69) is 4.72 Å². The van der Waals surface area contributed by atoms with Gasteiger partial charge >= 0.3 is 0 Å². The summed E-state index contributed by atoms with van der Waals surface area (Å²) < 4.78 is 39.5. The van der Waals surface area contributed by atoms with Gasteiger partial charge in [-0.1, -0.05) is 44.9 Å². The Morgan fingerprint density at radius 2 is 1.85 bits per heavy atom. The van der Waals surface area contributed by atoms with Crippen LogP contribution in [0.15, 0.2) is 24.3 Å². The van der Waals surface area contributed by atoms with E-state index in [1.807, 2.05) is 13.8 Å². The van der Waals surface area contributed by atoms with E-state index in [9.17, 15) is 17.9 Å². The maximum atomic E-state index is 13.4. The summed E-state index contributed by atoms with van der Waals surface area (Å²) in [5.41, 5.74) is 0.122. The van der Waals surface area contributed by atoms with Crippen molar-refractivity contribution in [1.82, 2.24) is 4.72 Å². The molecule has 0 fully saturated rings. The van der Waals surface area contributed by atoms with Crippen LogP contribution in [-0.2, 0) is 15.8 Å². The molecule has 2 N–H and O–H groups in total. The molecule has 1 aromatic carbocycles. The van der Waals surface area contributed by atoms with E-state index in [0.29, 0.717) is 0 Å². The smallest absolute Gasteiger partial charge is 0.215 e. The summed E-state index contributed by atoms with van der Waals surface area (Å²) in [5.74, 6) is -0.903. The summed E-state index contributed by atoms with van der Waals surface area (Å²) in [4.78, 5) is 0. The molecule has 0 aromatic heterocycles. The Kier molecular flexibility index (Phi) is 6.58. The second-order valence-electron chi connectivity index (χ2n) is 4.84. The lowest BCUT2D eigenvalue weighted by Gasteiger charge is -2.20. The van der Waals surface area contributed by atoms with E-state index in [1.54, 1.807) is 6.07 Å². The summed E-state index contributed by atoms with van der Waals surface area (Å²) >= 11 is 0. The van der Waals surface area contributed by atoms with Crippen LogP contribution in [0.3, 0.4) is 0 Å². The molecule has 0 saturated carbocycles. The molecule has 0 aliphatic carbocycles. The van der Waals surface area contributed by atoms with Crippen molar-refractivity contribution in [3.8, 4) is 0 Å². The molecule has 1 aromatic rings. The van der Waals surface area contributed by atoms with Gasteiger partial charge in [0.1, 0.15) is 5.82 Å². The Morgan fingerprint density at radius 1 is 1.25 bits per heavy atom. The lowest BCUT2D eigenvalue weighted by Crippen LogP contribution is -2.36. The van der Waals surface area contributed by atoms with Crippen LogP contribution in [-0.4, -0.2) is 26.2 Å². The largest absolute Gasteiger partial charge is 0.391 e. The van der Waals surface area contributed by atoms with Crippen LogP contribution >= 0.6 is 0 Å². The van der Waals surface area contributed by atoms with Gasteiger partial charge in [-0.25, -0.2) is 17.5 Å². The fourth-order valence-corrected chi connectivity index (χ4v) is 3.25. The van der Waals surface area contributed by atoms with Crippen molar-refractivity contribution in [2.75, 3.05) is 6.54 Å². The fourth-order valence-electron chi connectivity index (χ4n) is 2.08. The first-order valence-corrected chi connectivity index (χ1v) is 8.43. The molecule has 1 atom stereocenters. The minimum absolute atomic E-state index is 0.0386. The zero-order valence-corrected chi connectivity index (χ0v) is 12.7. The number of halogens is 1. The topological polar surface area (TPSA) is 66.4 Å². The first-order chi connectivity index (χ1) is 9.39. The Hall–Kier alpha value is -0.980. The monoisotopic (exact) mass is 303 g/mol. The van der Waals surface area contributed by atoms with Crippen LogP contribution in [0.5, 0.6) is 0 Å². The molecular weight excluding hydrogens is 281 g/mol. The maximum Gasteiger partial charge on any atom is 0.215 e. The van der Waals surface area contributed by atoms with Gasteiger partial charge < -0.3 is 5.11 Å². The summed E-state index contributed by atoms with van der Waals surface area (Å²) in [7, 11) is -3.65. The third-order valence-electron chi connectivity index (χ3n) is 3.41. The lowest BCUT2D eigenvalue weighted by molar-refractivity contribution is 0.107. The molecule has 0 spiro atoms. The molecule has 6 heteroatoms. The normalized spacial score (nSPS) is 13.7. The Bertz CT molecular complexity index is 515. The molecule has 1 unspecified atom stereocenters. The van der Waals surface area contributed by atoms with Gasteiger partial charge in [0.2, 0.25) is 10.0 Å². The van der Waals surface area contributed by atoms with Gasteiger partial charge in [0.25, 0.3) is 0 Å². The number of aliphatic hydroxyl groups is 1. The third-order valence-corrected chi connectivity index (χ3v) is 4.71. The van der Waals surface area contributed by atoms with Crippen LogP contribution < -0.4 is 4.72 Å². The van der Waals surface area contributed by atoms with Gasteiger partial charge in [-0.05, 0) is 12.0 Å². The molecule has 0 heterocycles. The second kappa shape index (κ2) is 7.71. The van der Waals surface area contributed by atoms with Crippen LogP contribution in [0.2, 0.25) is 0 Å². The maximum absolute atomic E-state index is 13.4. The molecule has 20 heavy (non-hydrogen) atoms. The molecule has 114 valence electrons. The number of nitrogens with one attached hydrogen (secondary N) is 1. The standard InChI is InChI=1S/C14H22FNO3S/c1-3-11(4-2)14(17)9-16-20(18,19)10-12-7-5-6-8-13(12)15/h5-8,11,14,16-17H,3-4,9-10H2,1-2H3. The van der Waals surface area contributed by atoms with E-state index in [0.717, 1.165) is 12.8 Å². The first-order valence-electron chi connectivity index (χ1n) is 6.78. The average molecular weight is 303 g/mol. The van der Waals surface area contributed by atoms with E-state index in [-0.39, 0.29) is 18.0 Å². The number of sulfonamides is 1. The number of rotatable bonds is 8. The summed E-state index contributed by atoms with van der Waals surface area (Å²) in [5, 5.41) is 9.89. The highest BCUT2D eigenvalue weighted by molar-refractivity contribution is 7.88. The minimum atomic E-state index is -3.65. The Labute approximate surface area is 120 Å². The van der Waals surface area contributed by atoms with Gasteiger partial charge in [0.15, 0.2) is 0 Å². The highest BCUT2D eigenvalue weighted by Crippen LogP contribution is 2.13. The Balaban J connectivity index is 2.61. The predicted octanol–water partition coefficient (Wildman–Crippen LogP) is 2.04. The fraction of sp³-hybridized carbons (Fsp3) is 0.571. The van der Waals surface area contributed by atoms with Gasteiger partial charge in [0.05, 0.1) is 11.9 Å². The zero-order chi connectivity index (χ0) is 15.2. The SMILES string of the molecule is CCC(CC)C(O)CNS(=O)(=O)Cc1ccccc1F. The zero-order valence-electron chi connectivity index (χ0n) is 11.8. The van der Waals surface area contributed by atoms with Crippen molar-refractivity contribution in [3.05, 3.63) is 35.6 Å². The highest BCUT2D eigenvalue weighted by Gasteiger charge is 2.19. The molecular formula is C14H22FNO3S.